The molecule has 1 fully saturated rings. The first-order valence-corrected chi connectivity index (χ1v) is 11.2. The van der Waals surface area contributed by atoms with Gasteiger partial charge in [-0.25, -0.2) is 0 Å². The number of hydrogen-bond donors (Lipinski definition) is 1. The van der Waals surface area contributed by atoms with Crippen molar-refractivity contribution in [1.82, 2.24) is 9.78 Å². The smallest absolute Gasteiger partial charge is 0.271 e. The van der Waals surface area contributed by atoms with Gasteiger partial charge in [-0.1, -0.05) is 35.4 Å². The quantitative estimate of drug-likeness (QED) is 0.627. The average molecular weight is 451 g/mol. The third kappa shape index (κ3) is 4.70. The maximum atomic E-state index is 13.0. The van der Waals surface area contributed by atoms with Gasteiger partial charge in [0.15, 0.2) is 0 Å². The Bertz CT molecular complexity index is 1220. The molecule has 1 aromatic heterocycles. The minimum atomic E-state index is -0.227. The van der Waals surface area contributed by atoms with Crippen LogP contribution in [-0.2, 0) is 4.79 Å². The zero-order chi connectivity index (χ0) is 22.8. The fourth-order valence-electron chi connectivity index (χ4n) is 4.06. The van der Waals surface area contributed by atoms with Gasteiger partial charge < -0.3 is 10.2 Å². The predicted molar refractivity (Wildman–Crippen MR) is 129 cm³/mol. The molecule has 32 heavy (non-hydrogen) atoms. The summed E-state index contributed by atoms with van der Waals surface area (Å²) >= 11 is 6.25. The van der Waals surface area contributed by atoms with E-state index in [0.29, 0.717) is 23.1 Å². The molecule has 0 unspecified atom stereocenters. The number of amides is 1. The van der Waals surface area contributed by atoms with Crippen LogP contribution in [0.15, 0.2) is 53.3 Å². The Labute approximate surface area is 192 Å². The van der Waals surface area contributed by atoms with Crippen LogP contribution in [0.5, 0.6) is 0 Å². The van der Waals surface area contributed by atoms with Gasteiger partial charge in [0.25, 0.3) is 5.56 Å². The first kappa shape index (κ1) is 22.1. The van der Waals surface area contributed by atoms with Crippen LogP contribution in [0.3, 0.4) is 0 Å². The van der Waals surface area contributed by atoms with Crippen molar-refractivity contribution >= 4 is 29.0 Å². The summed E-state index contributed by atoms with van der Waals surface area (Å²) in [5, 5.41) is 8.25. The number of carbonyl (C=O) groups excluding carboxylic acids is 1. The summed E-state index contributed by atoms with van der Waals surface area (Å²) in [7, 11) is 0. The normalized spacial score (nSPS) is 16.1. The van der Waals surface area contributed by atoms with Gasteiger partial charge in [-0.15, -0.1) is 5.10 Å². The van der Waals surface area contributed by atoms with Crippen LogP contribution in [0.25, 0.3) is 5.69 Å². The second-order valence-corrected chi connectivity index (χ2v) is 8.88. The van der Waals surface area contributed by atoms with Crippen molar-refractivity contribution in [3.05, 3.63) is 80.6 Å². The Morgan fingerprint density at radius 1 is 1.06 bits per heavy atom. The van der Waals surface area contributed by atoms with Gasteiger partial charge in [-0.3, -0.25) is 9.59 Å². The number of anilines is 2. The number of aryl methyl sites for hydroxylation is 3. The van der Waals surface area contributed by atoms with E-state index >= 15 is 0 Å². The average Bonchev–Trinajstić information content (AvgIpc) is 2.78. The van der Waals surface area contributed by atoms with Gasteiger partial charge >= 0.3 is 0 Å². The highest BCUT2D eigenvalue weighted by molar-refractivity contribution is 6.31. The van der Waals surface area contributed by atoms with Crippen LogP contribution in [0, 0.1) is 26.7 Å². The highest BCUT2D eigenvalue weighted by atomic mass is 35.5. The van der Waals surface area contributed by atoms with Gasteiger partial charge in [0.05, 0.1) is 11.6 Å². The van der Waals surface area contributed by atoms with Crippen molar-refractivity contribution < 1.29 is 4.79 Å². The molecule has 2 heterocycles. The monoisotopic (exact) mass is 450 g/mol. The van der Waals surface area contributed by atoms with E-state index < -0.39 is 0 Å². The third-order valence-electron chi connectivity index (χ3n) is 5.94. The van der Waals surface area contributed by atoms with Crippen LogP contribution in [-0.4, -0.2) is 28.8 Å². The van der Waals surface area contributed by atoms with Gasteiger partial charge in [0, 0.05) is 29.9 Å². The molecule has 1 saturated heterocycles. The van der Waals surface area contributed by atoms with Gasteiger partial charge in [-0.2, -0.15) is 4.68 Å². The molecule has 1 aliphatic heterocycles. The molecule has 0 bridgehead atoms. The second kappa shape index (κ2) is 9.17. The van der Waals surface area contributed by atoms with E-state index in [0.717, 1.165) is 36.2 Å². The Balaban J connectivity index is 1.53. The van der Waals surface area contributed by atoms with Crippen molar-refractivity contribution in [1.29, 1.82) is 0 Å². The molecule has 7 heteroatoms. The largest absolute Gasteiger partial charge is 0.354 e. The molecule has 0 spiro atoms. The van der Waals surface area contributed by atoms with E-state index in [1.807, 2.05) is 45.0 Å². The van der Waals surface area contributed by atoms with Crippen LogP contribution in [0.2, 0.25) is 5.02 Å². The lowest BCUT2D eigenvalue weighted by Crippen LogP contribution is -2.41. The summed E-state index contributed by atoms with van der Waals surface area (Å²) in [4.78, 5) is 27.5. The Morgan fingerprint density at radius 2 is 1.88 bits per heavy atom. The summed E-state index contributed by atoms with van der Waals surface area (Å²) in [6.45, 7) is 7.29. The van der Waals surface area contributed by atoms with Crippen molar-refractivity contribution in [2.24, 2.45) is 5.92 Å². The number of carbonyl (C=O) groups is 1. The van der Waals surface area contributed by atoms with Gasteiger partial charge in [0.2, 0.25) is 5.91 Å². The highest BCUT2D eigenvalue weighted by Gasteiger charge is 2.27. The SMILES string of the molecule is Cc1ccc(NC(=O)[C@H]2CCCN(c3ccc(=O)n(-c4ccc(C)c(Cl)c4)n3)C2)c(C)c1. The minimum absolute atomic E-state index is 0.0142. The molecular formula is C25H27ClN4O2. The Hall–Kier alpha value is -3.12. The fraction of sp³-hybridized carbons (Fsp3) is 0.320. The van der Waals surface area contributed by atoms with Crippen molar-refractivity contribution in [3.8, 4) is 5.69 Å². The summed E-state index contributed by atoms with van der Waals surface area (Å²) in [6, 6.07) is 14.7. The zero-order valence-electron chi connectivity index (χ0n) is 18.6. The molecule has 6 nitrogen and oxygen atoms in total. The minimum Gasteiger partial charge on any atom is -0.354 e. The van der Waals surface area contributed by atoms with Crippen molar-refractivity contribution in [3.63, 3.8) is 0 Å². The van der Waals surface area contributed by atoms with Gasteiger partial charge in [-0.05, 0) is 69.0 Å². The molecule has 1 N–H and O–H groups in total. The third-order valence-corrected chi connectivity index (χ3v) is 6.35. The topological polar surface area (TPSA) is 67.2 Å². The van der Waals surface area contributed by atoms with Crippen LogP contribution >= 0.6 is 11.6 Å². The number of aromatic nitrogens is 2. The predicted octanol–water partition coefficient (Wildman–Crippen LogP) is 4.67. The number of rotatable bonds is 4. The number of nitrogens with one attached hydrogen (secondary N) is 1. The van der Waals surface area contributed by atoms with E-state index in [2.05, 4.69) is 21.4 Å². The molecular weight excluding hydrogens is 424 g/mol. The van der Waals surface area contributed by atoms with E-state index in [1.54, 1.807) is 12.1 Å². The number of halogens is 1. The summed E-state index contributed by atoms with van der Waals surface area (Å²) < 4.78 is 1.36. The second-order valence-electron chi connectivity index (χ2n) is 8.47. The van der Waals surface area contributed by atoms with E-state index in [1.165, 1.54) is 16.3 Å². The molecule has 0 aliphatic carbocycles. The summed E-state index contributed by atoms with van der Waals surface area (Å²) in [5.74, 6) is 0.533. The summed E-state index contributed by atoms with van der Waals surface area (Å²) in [5.41, 5.74) is 4.40. The van der Waals surface area contributed by atoms with Crippen molar-refractivity contribution in [2.45, 2.75) is 33.6 Å². The molecule has 166 valence electrons. The van der Waals surface area contributed by atoms with Crippen LogP contribution in [0.4, 0.5) is 11.5 Å². The van der Waals surface area contributed by atoms with Crippen molar-refractivity contribution in [2.75, 3.05) is 23.3 Å². The number of benzene rings is 2. The van der Waals surface area contributed by atoms with E-state index in [9.17, 15) is 9.59 Å². The molecule has 2 aromatic carbocycles. The maximum Gasteiger partial charge on any atom is 0.271 e. The zero-order valence-corrected chi connectivity index (χ0v) is 19.3. The Morgan fingerprint density at radius 3 is 2.62 bits per heavy atom. The first-order valence-electron chi connectivity index (χ1n) is 10.8. The molecule has 0 saturated carbocycles. The van der Waals surface area contributed by atoms with Gasteiger partial charge in [0.1, 0.15) is 5.82 Å². The van der Waals surface area contributed by atoms with Crippen LogP contribution < -0.4 is 15.8 Å². The lowest BCUT2D eigenvalue weighted by molar-refractivity contribution is -0.120. The molecule has 1 aliphatic rings. The standard InChI is InChI=1S/C25H27ClN4O2/c1-16-6-9-22(18(3)13-16)27-25(32)19-5-4-12-29(15-19)23-10-11-24(31)30(28-23)20-8-7-17(2)21(26)14-20/h6-11,13-14,19H,4-5,12,15H2,1-3H3,(H,27,32)/t19-/m0/s1. The maximum absolute atomic E-state index is 13.0. The number of piperidine rings is 1. The number of hydrogen-bond acceptors (Lipinski definition) is 4. The highest BCUT2D eigenvalue weighted by Crippen LogP contribution is 2.24. The van der Waals surface area contributed by atoms with Crippen LogP contribution in [0.1, 0.15) is 29.5 Å². The van der Waals surface area contributed by atoms with E-state index in [-0.39, 0.29) is 17.4 Å². The molecule has 1 amide bonds. The lowest BCUT2D eigenvalue weighted by atomic mass is 9.96. The lowest BCUT2D eigenvalue weighted by Gasteiger charge is -2.33. The first-order chi connectivity index (χ1) is 15.3. The number of nitrogens with zero attached hydrogens (tertiary/aromatic N) is 3. The van der Waals surface area contributed by atoms with E-state index in [4.69, 9.17) is 11.6 Å². The molecule has 0 radical (unpaired) electrons. The molecule has 1 atom stereocenters. The molecule has 4 rings (SSSR count). The Kier molecular flexibility index (Phi) is 6.33. The summed E-state index contributed by atoms with van der Waals surface area (Å²) in [6.07, 6.45) is 1.70. The fourth-order valence-corrected chi connectivity index (χ4v) is 4.23. The molecule has 3 aromatic rings.